The molecule has 2 aromatic carbocycles. The summed E-state index contributed by atoms with van der Waals surface area (Å²) in [5.41, 5.74) is 8.59. The van der Waals surface area contributed by atoms with Gasteiger partial charge in [0.05, 0.1) is 7.11 Å². The highest BCUT2D eigenvalue weighted by Crippen LogP contribution is 2.18. The Morgan fingerprint density at radius 2 is 1.71 bits per heavy atom. The highest BCUT2D eigenvalue weighted by molar-refractivity contribution is 6.02. The number of carbonyl (C=O) groups excluding carboxylic acids is 1. The highest BCUT2D eigenvalue weighted by Gasteiger charge is 2.28. The van der Waals surface area contributed by atoms with Crippen LogP contribution in [0.3, 0.4) is 0 Å². The van der Waals surface area contributed by atoms with Gasteiger partial charge in [0.15, 0.2) is 17.5 Å². The third-order valence-electron chi connectivity index (χ3n) is 6.08. The summed E-state index contributed by atoms with van der Waals surface area (Å²) in [5.74, 6) is 1.47. The number of rotatable bonds is 8. The summed E-state index contributed by atoms with van der Waals surface area (Å²) in [5, 5.41) is 12.6. The van der Waals surface area contributed by atoms with Crippen molar-refractivity contribution in [3.63, 3.8) is 0 Å². The van der Waals surface area contributed by atoms with E-state index in [1.807, 2.05) is 36.4 Å². The van der Waals surface area contributed by atoms with Crippen molar-refractivity contribution in [2.24, 2.45) is 4.99 Å². The maximum absolute atomic E-state index is 11.2. The molecule has 0 bridgehead atoms. The lowest BCUT2D eigenvalue weighted by atomic mass is 10.1. The number of halogens is 3. The number of hydrogen-bond acceptors (Lipinski definition) is 5. The Morgan fingerprint density at radius 1 is 1.03 bits per heavy atom. The van der Waals surface area contributed by atoms with Crippen molar-refractivity contribution < 1.29 is 67.0 Å². The number of ether oxygens (including phenoxy) is 1. The first-order valence-corrected chi connectivity index (χ1v) is 11.1. The molecule has 1 saturated heterocycles. The zero-order chi connectivity index (χ0) is 22.3. The number of hydrogen-bond donors (Lipinski definition) is 6. The molecule has 1 amide bonds. The normalized spacial score (nSPS) is 19.9. The molecule has 4 rings (SSSR count). The number of methoxy groups -OCH3 is 1. The van der Waals surface area contributed by atoms with Gasteiger partial charge >= 0.3 is 0 Å². The van der Waals surface area contributed by atoms with Crippen molar-refractivity contribution in [1.29, 1.82) is 0 Å². The molecule has 2 aliphatic heterocycles. The molecule has 1 fully saturated rings. The number of nitrogens with one attached hydrogen (secondary N) is 4. The van der Waals surface area contributed by atoms with Crippen LogP contribution in [0.2, 0.25) is 0 Å². The standard InChI is InChI=1S/C23H30N6O3.3ClH/c1-32-21-5-3-2-4-20(21)29-12-10-28(11-13-29)16-19(30)14-24-18-8-6-17(7-9-18)23-25-15-22(31)26-27-23;;;/h2-9,19,24,30H,10-16H2,1H3,(H,25,27)(H,26,31);3*1H. The summed E-state index contributed by atoms with van der Waals surface area (Å²) < 4.78 is 5.51. The zero-order valence-electron chi connectivity index (χ0n) is 19.6. The molecule has 0 radical (unpaired) electrons. The van der Waals surface area contributed by atoms with Gasteiger partial charge in [-0.3, -0.25) is 25.5 Å². The third kappa shape index (κ3) is 8.50. The number of aliphatic imine (C=N–C) groups is 1. The number of nitrogens with zero attached hydrogens (tertiary/aromatic N) is 1. The van der Waals surface area contributed by atoms with Gasteiger partial charge in [-0.25, -0.2) is 0 Å². The summed E-state index contributed by atoms with van der Waals surface area (Å²) >= 11 is 0. The number of nitrogens with two attached hydrogens (primary N) is 1. The van der Waals surface area contributed by atoms with Gasteiger partial charge in [0, 0.05) is 11.6 Å². The number of amides is 1. The van der Waals surface area contributed by atoms with E-state index < -0.39 is 0 Å². The summed E-state index contributed by atoms with van der Waals surface area (Å²) in [6, 6.07) is 16.2. The van der Waals surface area contributed by atoms with Crippen LogP contribution >= 0.6 is 0 Å². The van der Waals surface area contributed by atoms with Gasteiger partial charge in [-0.2, -0.15) is 0 Å². The molecule has 2 aliphatic rings. The van der Waals surface area contributed by atoms with Gasteiger partial charge in [0.25, 0.3) is 5.91 Å². The lowest BCUT2D eigenvalue weighted by Gasteiger charge is -2.30. The van der Waals surface area contributed by atoms with Crippen molar-refractivity contribution in [2.75, 3.05) is 52.9 Å². The molecular formula is C23H33Cl3N6O3. The van der Waals surface area contributed by atoms with Crippen LogP contribution in [-0.4, -0.2) is 75.9 Å². The van der Waals surface area contributed by atoms with Gasteiger partial charge in [0.1, 0.15) is 57.3 Å². The smallest absolute Gasteiger partial charge is 0.260 e. The summed E-state index contributed by atoms with van der Waals surface area (Å²) in [6.45, 7) is 5.66. The molecule has 9 nitrogen and oxygen atoms in total. The van der Waals surface area contributed by atoms with Crippen molar-refractivity contribution in [3.05, 3.63) is 54.1 Å². The molecule has 35 heavy (non-hydrogen) atoms. The summed E-state index contributed by atoms with van der Waals surface area (Å²) in [4.78, 5) is 18.3. The van der Waals surface area contributed by atoms with Crippen LogP contribution in [0.4, 0.5) is 11.4 Å². The van der Waals surface area contributed by atoms with E-state index in [0.717, 1.165) is 49.7 Å². The number of piperazine rings is 1. The van der Waals surface area contributed by atoms with E-state index in [1.54, 1.807) is 7.11 Å². The molecule has 7 N–H and O–H groups in total. The van der Waals surface area contributed by atoms with Crippen molar-refractivity contribution in [2.45, 2.75) is 6.10 Å². The molecule has 194 valence electrons. The molecule has 0 aromatic heterocycles. The molecule has 2 aromatic rings. The number of hydrazine groups is 1. The second-order valence-corrected chi connectivity index (χ2v) is 8.31. The molecule has 1 unspecified atom stereocenters. The Kier molecular flexibility index (Phi) is 13.3. The van der Waals surface area contributed by atoms with Crippen LogP contribution in [0.5, 0.6) is 5.75 Å². The molecule has 1 atom stereocenters. The number of benzene rings is 2. The van der Waals surface area contributed by atoms with Gasteiger partial charge in [-0.05, 0) is 30.3 Å². The summed E-state index contributed by atoms with van der Waals surface area (Å²) in [7, 11) is 1.72. The second-order valence-electron chi connectivity index (χ2n) is 8.31. The van der Waals surface area contributed by atoms with Gasteiger partial charge < -0.3 is 57.3 Å². The molecule has 0 saturated carbocycles. The fraction of sp³-hybridized carbons (Fsp3) is 0.391. The van der Waals surface area contributed by atoms with Crippen molar-refractivity contribution >= 4 is 23.1 Å². The van der Waals surface area contributed by atoms with Crippen LogP contribution in [0, 0.1) is 0 Å². The Balaban J connectivity index is 0.00000204. The van der Waals surface area contributed by atoms with E-state index in [1.165, 1.54) is 15.5 Å². The number of carbonyl (C=O) groups is 1. The first-order valence-electron chi connectivity index (χ1n) is 11.1. The van der Waals surface area contributed by atoms with Gasteiger partial charge in [0.2, 0.25) is 0 Å². The van der Waals surface area contributed by atoms with Crippen LogP contribution < -0.4 is 67.9 Å². The molecule has 0 aliphatic carbocycles. The maximum Gasteiger partial charge on any atom is 0.260 e. The SMILES string of the molecule is COc1ccccc1[NH+]1CC[NH+](CC(O)C[NH2+]c2ccc(C3=NCC(=O)NN3)cc2)CC1.[Cl-].[Cl-].[Cl-]. The van der Waals surface area contributed by atoms with E-state index in [0.29, 0.717) is 12.4 Å². The van der Waals surface area contributed by atoms with E-state index in [9.17, 15) is 9.90 Å². The monoisotopic (exact) mass is 546 g/mol. The summed E-state index contributed by atoms with van der Waals surface area (Å²) in [6.07, 6.45) is -0.364. The Hall–Kier alpha value is -2.11. The van der Waals surface area contributed by atoms with Crippen LogP contribution in [-0.2, 0) is 4.79 Å². The minimum absolute atomic E-state index is 0. The number of aliphatic hydroxyl groups excluding tert-OH is 1. The van der Waals surface area contributed by atoms with Crippen LogP contribution in [0.15, 0.2) is 53.5 Å². The fourth-order valence-corrected chi connectivity index (χ4v) is 4.30. The largest absolute Gasteiger partial charge is 1.00 e. The Bertz CT molecular complexity index is 956. The Morgan fingerprint density at radius 3 is 2.34 bits per heavy atom. The Labute approximate surface area is 224 Å². The quantitative estimate of drug-likeness (QED) is 0.185. The number of quaternary nitrogens is 3. The number of amidine groups is 1. The fourth-order valence-electron chi connectivity index (χ4n) is 4.30. The third-order valence-corrected chi connectivity index (χ3v) is 6.08. The van der Waals surface area contributed by atoms with Crippen LogP contribution in [0.25, 0.3) is 0 Å². The second kappa shape index (κ2) is 15.1. The predicted molar refractivity (Wildman–Crippen MR) is 120 cm³/mol. The minimum Gasteiger partial charge on any atom is -1.00 e. The lowest BCUT2D eigenvalue weighted by Crippen LogP contribution is -3.26. The van der Waals surface area contributed by atoms with Crippen molar-refractivity contribution in [1.82, 2.24) is 10.9 Å². The molecule has 2 heterocycles. The van der Waals surface area contributed by atoms with E-state index in [2.05, 4.69) is 33.3 Å². The minimum atomic E-state index is -0.364. The predicted octanol–water partition coefficient (Wildman–Crippen LogP) is -12.2. The average molecular weight is 548 g/mol. The molecular weight excluding hydrogens is 515 g/mol. The number of para-hydroxylation sites is 2. The van der Waals surface area contributed by atoms with E-state index in [-0.39, 0.29) is 55.8 Å². The lowest BCUT2D eigenvalue weighted by molar-refractivity contribution is -0.988. The van der Waals surface area contributed by atoms with E-state index in [4.69, 9.17) is 4.74 Å². The maximum atomic E-state index is 11.2. The molecule has 12 heteroatoms. The van der Waals surface area contributed by atoms with Crippen molar-refractivity contribution in [3.8, 4) is 5.75 Å². The highest BCUT2D eigenvalue weighted by atomic mass is 35.5. The van der Waals surface area contributed by atoms with E-state index >= 15 is 0 Å². The van der Waals surface area contributed by atoms with Gasteiger partial charge in [-0.15, -0.1) is 0 Å². The first kappa shape index (κ1) is 30.9. The van der Waals surface area contributed by atoms with Gasteiger partial charge in [-0.1, -0.05) is 12.1 Å². The topological polar surface area (TPSA) is 108 Å². The van der Waals surface area contributed by atoms with Crippen LogP contribution in [0.1, 0.15) is 5.56 Å². The zero-order valence-corrected chi connectivity index (χ0v) is 21.8. The average Bonchev–Trinajstić information content (AvgIpc) is 2.84. The molecule has 0 spiro atoms. The number of aliphatic hydroxyl groups is 1. The first-order chi connectivity index (χ1) is 15.6.